The molecule has 2 saturated heterocycles. The lowest BCUT2D eigenvalue weighted by atomic mass is 10.1. The quantitative estimate of drug-likeness (QED) is 0.910. The average molecular weight is 275 g/mol. The van der Waals surface area contributed by atoms with Gasteiger partial charge >= 0.3 is 0 Å². The highest BCUT2D eigenvalue weighted by Crippen LogP contribution is 2.30. The molecule has 2 atom stereocenters. The molecule has 2 unspecified atom stereocenters. The lowest BCUT2D eigenvalue weighted by Crippen LogP contribution is -2.37. The summed E-state index contributed by atoms with van der Waals surface area (Å²) in [6.45, 7) is 5.28. The summed E-state index contributed by atoms with van der Waals surface area (Å²) in [7, 11) is 2.28. The summed E-state index contributed by atoms with van der Waals surface area (Å²) < 4.78 is 0. The number of hydrogen-bond acceptors (Lipinski definition) is 5. The topological polar surface area (TPSA) is 44.3 Å². The molecule has 1 aromatic rings. The van der Waals surface area contributed by atoms with Gasteiger partial charge < -0.3 is 10.2 Å². The number of hydrogen-bond donors (Lipinski definition) is 1. The van der Waals surface area contributed by atoms with E-state index in [0.717, 1.165) is 43.9 Å². The molecule has 3 heterocycles. The van der Waals surface area contributed by atoms with Crippen LogP contribution in [0, 0.1) is 0 Å². The van der Waals surface area contributed by atoms with Crippen LogP contribution in [0.4, 0.5) is 11.8 Å². The lowest BCUT2D eigenvalue weighted by molar-refractivity contribution is 0.254. The van der Waals surface area contributed by atoms with Crippen molar-refractivity contribution >= 4 is 11.8 Å². The third-order valence-corrected chi connectivity index (χ3v) is 4.65. The van der Waals surface area contributed by atoms with Crippen LogP contribution in [0.3, 0.4) is 0 Å². The number of nitrogens with one attached hydrogen (secondary N) is 1. The van der Waals surface area contributed by atoms with Gasteiger partial charge in [-0.15, -0.1) is 0 Å². The third kappa shape index (κ3) is 2.73. The molecule has 0 saturated carbocycles. The average Bonchev–Trinajstić information content (AvgIpc) is 2.70. The highest BCUT2D eigenvalue weighted by molar-refractivity contribution is 5.43. The van der Waals surface area contributed by atoms with Gasteiger partial charge in [0.25, 0.3) is 0 Å². The molecule has 20 heavy (non-hydrogen) atoms. The van der Waals surface area contributed by atoms with Gasteiger partial charge in [0.15, 0.2) is 0 Å². The van der Waals surface area contributed by atoms with E-state index in [-0.39, 0.29) is 0 Å². The molecule has 3 rings (SSSR count). The molecule has 0 aromatic carbocycles. The van der Waals surface area contributed by atoms with Gasteiger partial charge in [-0.3, -0.25) is 4.90 Å². The monoisotopic (exact) mass is 275 g/mol. The number of nitrogens with zero attached hydrogens (tertiary/aromatic N) is 4. The van der Waals surface area contributed by atoms with E-state index in [1.165, 1.54) is 19.3 Å². The van der Waals surface area contributed by atoms with Gasteiger partial charge in [-0.1, -0.05) is 6.92 Å². The van der Waals surface area contributed by atoms with Crippen LogP contribution in [-0.4, -0.2) is 53.6 Å². The van der Waals surface area contributed by atoms with E-state index in [2.05, 4.69) is 39.1 Å². The molecule has 1 aromatic heterocycles. The van der Waals surface area contributed by atoms with Gasteiger partial charge in [-0.05, 0) is 38.8 Å². The fraction of sp³-hybridized carbons (Fsp3) is 0.733. The van der Waals surface area contributed by atoms with E-state index in [1.807, 2.05) is 12.3 Å². The zero-order valence-corrected chi connectivity index (χ0v) is 12.5. The molecule has 5 heteroatoms. The third-order valence-electron chi connectivity index (χ3n) is 4.65. The van der Waals surface area contributed by atoms with E-state index >= 15 is 0 Å². The minimum atomic E-state index is 0.685. The highest BCUT2D eigenvalue weighted by Gasteiger charge is 2.34. The molecule has 0 spiro atoms. The first-order valence-electron chi connectivity index (χ1n) is 7.81. The molecule has 110 valence electrons. The van der Waals surface area contributed by atoms with Crippen molar-refractivity contribution in [2.24, 2.45) is 0 Å². The van der Waals surface area contributed by atoms with Crippen LogP contribution in [0.25, 0.3) is 0 Å². The second-order valence-electron chi connectivity index (χ2n) is 5.95. The highest BCUT2D eigenvalue weighted by atomic mass is 15.3. The van der Waals surface area contributed by atoms with Gasteiger partial charge in [-0.25, -0.2) is 4.98 Å². The Hall–Kier alpha value is -1.36. The molecule has 2 aliphatic heterocycles. The smallest absolute Gasteiger partial charge is 0.224 e. The second-order valence-corrected chi connectivity index (χ2v) is 5.95. The van der Waals surface area contributed by atoms with Crippen molar-refractivity contribution in [3.63, 3.8) is 0 Å². The Kier molecular flexibility index (Phi) is 4.05. The van der Waals surface area contributed by atoms with E-state index < -0.39 is 0 Å². The van der Waals surface area contributed by atoms with Crippen molar-refractivity contribution < 1.29 is 0 Å². The molecule has 0 aliphatic carbocycles. The molecular formula is C15H25N5. The van der Waals surface area contributed by atoms with Crippen LogP contribution < -0.4 is 10.2 Å². The van der Waals surface area contributed by atoms with E-state index in [1.54, 1.807) is 0 Å². The summed E-state index contributed by atoms with van der Waals surface area (Å²) in [5.41, 5.74) is 0. The fourth-order valence-electron chi connectivity index (χ4n) is 3.36. The van der Waals surface area contributed by atoms with E-state index in [9.17, 15) is 0 Å². The van der Waals surface area contributed by atoms with E-state index in [4.69, 9.17) is 0 Å². The van der Waals surface area contributed by atoms with E-state index in [0.29, 0.717) is 6.04 Å². The Bertz CT molecular complexity index is 450. The minimum Gasteiger partial charge on any atom is -0.355 e. The predicted octanol–water partition coefficient (Wildman–Crippen LogP) is 1.97. The van der Waals surface area contributed by atoms with Gasteiger partial charge in [0.05, 0.1) is 0 Å². The lowest BCUT2D eigenvalue weighted by Gasteiger charge is -2.26. The molecule has 2 fully saturated rings. The van der Waals surface area contributed by atoms with Gasteiger partial charge in [0.2, 0.25) is 5.95 Å². The maximum absolute atomic E-state index is 4.67. The second kappa shape index (κ2) is 5.95. The summed E-state index contributed by atoms with van der Waals surface area (Å²) in [6.07, 6.45) is 6.89. The van der Waals surface area contributed by atoms with Crippen LogP contribution in [-0.2, 0) is 0 Å². The molecule has 5 nitrogen and oxygen atoms in total. The van der Waals surface area contributed by atoms with Crippen LogP contribution in [0.5, 0.6) is 0 Å². The minimum absolute atomic E-state index is 0.685. The van der Waals surface area contributed by atoms with Gasteiger partial charge in [0.1, 0.15) is 5.82 Å². The number of rotatable bonds is 4. The molecule has 2 bridgehead atoms. The maximum atomic E-state index is 4.67. The van der Waals surface area contributed by atoms with Gasteiger partial charge in [-0.2, -0.15) is 4.98 Å². The number of aromatic nitrogens is 2. The summed E-state index contributed by atoms with van der Waals surface area (Å²) in [6, 6.07) is 3.49. The van der Waals surface area contributed by atoms with Crippen LogP contribution in [0.1, 0.15) is 32.6 Å². The van der Waals surface area contributed by atoms with Gasteiger partial charge in [0, 0.05) is 37.9 Å². The fourth-order valence-corrected chi connectivity index (χ4v) is 3.36. The zero-order valence-electron chi connectivity index (χ0n) is 12.5. The molecule has 0 radical (unpaired) electrons. The van der Waals surface area contributed by atoms with Crippen molar-refractivity contribution in [1.82, 2.24) is 14.9 Å². The van der Waals surface area contributed by atoms with Crippen molar-refractivity contribution in [3.8, 4) is 0 Å². The molecule has 0 amide bonds. The molecule has 1 N–H and O–H groups in total. The largest absolute Gasteiger partial charge is 0.355 e. The maximum Gasteiger partial charge on any atom is 0.224 e. The van der Waals surface area contributed by atoms with Crippen molar-refractivity contribution in [2.45, 2.75) is 44.7 Å². The zero-order chi connectivity index (χ0) is 13.9. The first-order valence-corrected chi connectivity index (χ1v) is 7.81. The standard InChI is InChI=1S/C15H25N5/c1-3-8-16-15-17-9-6-14(18-15)20-10-7-12-4-5-13(11-20)19(12)2/h6,9,12-13H,3-5,7-8,10-11H2,1-2H3,(H,16,17,18). The number of anilines is 2. The molecule has 2 aliphatic rings. The van der Waals surface area contributed by atoms with Crippen molar-refractivity contribution in [3.05, 3.63) is 12.3 Å². The summed E-state index contributed by atoms with van der Waals surface area (Å²) >= 11 is 0. The first kappa shape index (κ1) is 13.6. The van der Waals surface area contributed by atoms with Crippen molar-refractivity contribution in [2.75, 3.05) is 36.9 Å². The Morgan fingerprint density at radius 2 is 2.15 bits per heavy atom. The summed E-state index contributed by atoms with van der Waals surface area (Å²) in [4.78, 5) is 14.0. The first-order chi connectivity index (χ1) is 9.78. The Morgan fingerprint density at radius 1 is 1.30 bits per heavy atom. The summed E-state index contributed by atoms with van der Waals surface area (Å²) in [5.74, 6) is 1.83. The predicted molar refractivity (Wildman–Crippen MR) is 82.2 cm³/mol. The van der Waals surface area contributed by atoms with Crippen LogP contribution in [0.2, 0.25) is 0 Å². The summed E-state index contributed by atoms with van der Waals surface area (Å²) in [5, 5.41) is 3.27. The van der Waals surface area contributed by atoms with Crippen molar-refractivity contribution in [1.29, 1.82) is 0 Å². The Labute approximate surface area is 121 Å². The normalized spacial score (nSPS) is 26.6. The molecular weight excluding hydrogens is 250 g/mol. The Balaban J connectivity index is 1.72. The van der Waals surface area contributed by atoms with Crippen LogP contribution in [0.15, 0.2) is 12.3 Å². The van der Waals surface area contributed by atoms with Crippen LogP contribution >= 0.6 is 0 Å². The number of fused-ring (bicyclic) bond motifs is 2. The number of likely N-dealkylation sites (N-methyl/N-ethyl adjacent to an activating group) is 1. The Morgan fingerprint density at radius 3 is 3.00 bits per heavy atom. The SMILES string of the molecule is CCCNc1nccc(N2CCC3CCC(C2)N3C)n1.